The maximum absolute atomic E-state index is 12.9. The molecule has 0 bridgehead atoms. The van der Waals surface area contributed by atoms with Gasteiger partial charge in [-0.3, -0.25) is 4.79 Å². The van der Waals surface area contributed by atoms with Crippen molar-refractivity contribution in [3.8, 4) is 0 Å². The summed E-state index contributed by atoms with van der Waals surface area (Å²) in [4.78, 5) is 23.4. The van der Waals surface area contributed by atoms with Gasteiger partial charge in [0.05, 0.1) is 5.56 Å². The number of hydrogen-bond acceptors (Lipinski definition) is 2. The lowest BCUT2D eigenvalue weighted by atomic mass is 9.94. The number of carboxylic acids is 1. The van der Waals surface area contributed by atoms with Crippen molar-refractivity contribution in [2.75, 3.05) is 0 Å². The van der Waals surface area contributed by atoms with Crippen LogP contribution in [0.15, 0.2) is 18.2 Å². The lowest BCUT2D eigenvalue weighted by Gasteiger charge is -2.20. The van der Waals surface area contributed by atoms with E-state index in [-0.39, 0.29) is 17.0 Å². The zero-order chi connectivity index (χ0) is 20.4. The molecule has 10 heteroatoms. The number of carbonyl (C=O) groups is 2. The number of benzene rings is 1. The summed E-state index contributed by atoms with van der Waals surface area (Å²) in [7, 11) is 0. The Morgan fingerprint density at radius 2 is 1.78 bits per heavy atom. The number of hydrogen-bond donors (Lipinski definition) is 2. The highest BCUT2D eigenvalue weighted by Gasteiger charge is 2.36. The summed E-state index contributed by atoms with van der Waals surface area (Å²) >= 11 is 0. The molecule has 4 nitrogen and oxygen atoms in total. The fourth-order valence-corrected chi connectivity index (χ4v) is 2.64. The Hall–Kier alpha value is -2.26. The maximum Gasteiger partial charge on any atom is 0.416 e. The molecule has 1 aromatic carbocycles. The molecule has 2 N–H and O–H groups in total. The molecule has 1 aromatic rings. The topological polar surface area (TPSA) is 66.4 Å². The molecular weight excluding hydrogens is 380 g/mol. The molecule has 0 radical (unpaired) electrons. The van der Waals surface area contributed by atoms with Crippen molar-refractivity contribution in [2.45, 2.75) is 50.5 Å². The van der Waals surface area contributed by atoms with E-state index >= 15 is 0 Å². The molecule has 0 aromatic heterocycles. The number of carbonyl (C=O) groups excluding carboxylic acids is 1. The number of nitrogens with one attached hydrogen (secondary N) is 1. The molecular formula is C17H17F6NO3. The minimum absolute atomic E-state index is 0.147. The third-order valence-electron chi connectivity index (χ3n) is 4.17. The highest BCUT2D eigenvalue weighted by molar-refractivity contribution is 5.87. The first-order chi connectivity index (χ1) is 12.4. The predicted octanol–water partition coefficient (Wildman–Crippen LogP) is 4.24. The van der Waals surface area contributed by atoms with Gasteiger partial charge in [-0.15, -0.1) is 0 Å². The van der Waals surface area contributed by atoms with E-state index in [0.29, 0.717) is 25.0 Å². The third-order valence-corrected chi connectivity index (χ3v) is 4.17. The van der Waals surface area contributed by atoms with Crippen LogP contribution in [0.3, 0.4) is 0 Å². The van der Waals surface area contributed by atoms with Crippen LogP contribution in [0.2, 0.25) is 0 Å². The van der Waals surface area contributed by atoms with E-state index in [1.54, 1.807) is 0 Å². The van der Waals surface area contributed by atoms with Crippen LogP contribution >= 0.6 is 0 Å². The standard InChI is InChI=1S/C17H17F6NO3/c18-16(19,20)7-1-2-10-8-11(17(21,22)23)5-6-12(10)13(15(26)27)24-14(25)9-3-4-9/h5-6,8-9,13H,1-4,7H2,(H,24,25)(H,26,27). The summed E-state index contributed by atoms with van der Waals surface area (Å²) < 4.78 is 75.8. The van der Waals surface area contributed by atoms with Crippen LogP contribution in [0.1, 0.15) is 48.4 Å². The van der Waals surface area contributed by atoms with Gasteiger partial charge in [0.1, 0.15) is 0 Å². The first-order valence-electron chi connectivity index (χ1n) is 8.18. The van der Waals surface area contributed by atoms with Crippen LogP contribution in [0, 0.1) is 5.92 Å². The highest BCUT2D eigenvalue weighted by atomic mass is 19.4. The van der Waals surface area contributed by atoms with E-state index in [1.165, 1.54) is 0 Å². The Morgan fingerprint density at radius 1 is 1.15 bits per heavy atom. The van der Waals surface area contributed by atoms with Crippen LogP contribution in [0.4, 0.5) is 26.3 Å². The van der Waals surface area contributed by atoms with Gasteiger partial charge < -0.3 is 10.4 Å². The quantitative estimate of drug-likeness (QED) is 0.677. The zero-order valence-corrected chi connectivity index (χ0v) is 14.0. The minimum Gasteiger partial charge on any atom is -0.479 e. The van der Waals surface area contributed by atoms with Gasteiger partial charge in [-0.05, 0) is 48.9 Å². The fraction of sp³-hybridized carbons (Fsp3) is 0.529. The lowest BCUT2D eigenvalue weighted by Crippen LogP contribution is -2.35. The van der Waals surface area contributed by atoms with Crippen molar-refractivity contribution < 1.29 is 41.0 Å². The van der Waals surface area contributed by atoms with E-state index < -0.39 is 55.1 Å². The van der Waals surface area contributed by atoms with E-state index in [4.69, 9.17) is 0 Å². The molecule has 1 atom stereocenters. The van der Waals surface area contributed by atoms with Crippen molar-refractivity contribution in [1.82, 2.24) is 5.32 Å². The Bertz CT molecular complexity index is 710. The van der Waals surface area contributed by atoms with Crippen LogP contribution in [0.5, 0.6) is 0 Å². The van der Waals surface area contributed by atoms with Gasteiger partial charge in [0.15, 0.2) is 6.04 Å². The molecule has 1 aliphatic rings. The van der Waals surface area contributed by atoms with E-state index in [1.807, 2.05) is 0 Å². The Morgan fingerprint density at radius 3 is 2.26 bits per heavy atom. The second-order valence-electron chi connectivity index (χ2n) is 6.43. The molecule has 1 amide bonds. The van der Waals surface area contributed by atoms with Gasteiger partial charge in [0, 0.05) is 12.3 Å². The number of amides is 1. The molecule has 0 saturated heterocycles. The summed E-state index contributed by atoms with van der Waals surface area (Å²) in [6.45, 7) is 0. The number of rotatable bonds is 7. The number of halogens is 6. The molecule has 0 spiro atoms. The molecule has 150 valence electrons. The van der Waals surface area contributed by atoms with Crippen LogP contribution < -0.4 is 5.32 Å². The van der Waals surface area contributed by atoms with Gasteiger partial charge in [0.2, 0.25) is 5.91 Å². The summed E-state index contributed by atoms with van der Waals surface area (Å²) in [5, 5.41) is 11.6. The largest absolute Gasteiger partial charge is 0.479 e. The van der Waals surface area contributed by atoms with Crippen molar-refractivity contribution in [3.05, 3.63) is 34.9 Å². The number of alkyl halides is 6. The lowest BCUT2D eigenvalue weighted by molar-refractivity contribution is -0.142. The monoisotopic (exact) mass is 397 g/mol. The van der Waals surface area contributed by atoms with Gasteiger partial charge >= 0.3 is 18.3 Å². The Balaban J connectivity index is 2.32. The summed E-state index contributed by atoms with van der Waals surface area (Å²) in [6.07, 6.45) is -10.1. The smallest absolute Gasteiger partial charge is 0.416 e. The Labute approximate surface area is 150 Å². The molecule has 1 unspecified atom stereocenters. The first kappa shape index (κ1) is 21.0. The molecule has 27 heavy (non-hydrogen) atoms. The van der Waals surface area contributed by atoms with Crippen molar-refractivity contribution in [3.63, 3.8) is 0 Å². The summed E-state index contributed by atoms with van der Waals surface area (Å²) in [6, 6.07) is 0.575. The number of aryl methyl sites for hydroxylation is 1. The average molecular weight is 397 g/mol. The van der Waals surface area contributed by atoms with Crippen molar-refractivity contribution in [1.29, 1.82) is 0 Å². The van der Waals surface area contributed by atoms with E-state index in [2.05, 4.69) is 5.32 Å². The third kappa shape index (κ3) is 6.14. The highest BCUT2D eigenvalue weighted by Crippen LogP contribution is 2.34. The molecule has 0 aliphatic heterocycles. The van der Waals surface area contributed by atoms with Crippen LogP contribution in [0.25, 0.3) is 0 Å². The average Bonchev–Trinajstić information content (AvgIpc) is 3.35. The van der Waals surface area contributed by atoms with E-state index in [9.17, 15) is 41.0 Å². The van der Waals surface area contributed by atoms with Crippen LogP contribution in [-0.4, -0.2) is 23.2 Å². The number of aliphatic carboxylic acids is 1. The summed E-state index contributed by atoms with van der Waals surface area (Å²) in [5.41, 5.74) is -1.42. The Kier molecular flexibility index (Phi) is 6.06. The second kappa shape index (κ2) is 7.77. The first-order valence-corrected chi connectivity index (χ1v) is 8.18. The second-order valence-corrected chi connectivity index (χ2v) is 6.43. The molecule has 1 aliphatic carbocycles. The zero-order valence-electron chi connectivity index (χ0n) is 14.0. The summed E-state index contributed by atoms with van der Waals surface area (Å²) in [5.74, 6) is -2.38. The van der Waals surface area contributed by atoms with Gasteiger partial charge in [-0.25, -0.2) is 4.79 Å². The number of carboxylic acid groups (broad SMARTS) is 1. The molecule has 1 fully saturated rings. The van der Waals surface area contributed by atoms with Crippen molar-refractivity contribution in [2.24, 2.45) is 5.92 Å². The molecule has 2 rings (SSSR count). The predicted molar refractivity (Wildman–Crippen MR) is 81.7 cm³/mol. The van der Waals surface area contributed by atoms with E-state index in [0.717, 1.165) is 6.07 Å². The van der Waals surface area contributed by atoms with Crippen LogP contribution in [-0.2, 0) is 22.2 Å². The maximum atomic E-state index is 12.9. The van der Waals surface area contributed by atoms with Gasteiger partial charge in [0.25, 0.3) is 0 Å². The fourth-order valence-electron chi connectivity index (χ4n) is 2.64. The van der Waals surface area contributed by atoms with Gasteiger partial charge in [-0.1, -0.05) is 6.07 Å². The minimum atomic E-state index is -4.73. The molecule has 1 saturated carbocycles. The SMILES string of the molecule is O=C(NC(C(=O)O)c1ccc(C(F)(F)F)cc1CCCC(F)(F)F)C1CC1. The van der Waals surface area contributed by atoms with Crippen molar-refractivity contribution >= 4 is 11.9 Å². The normalized spacial score (nSPS) is 16.1. The molecule has 0 heterocycles. The van der Waals surface area contributed by atoms with Gasteiger partial charge in [-0.2, -0.15) is 26.3 Å².